The number of benzene rings is 1. The molecule has 2 bridgehead atoms. The number of hydrogen-bond donors (Lipinski definition) is 2. The zero-order chi connectivity index (χ0) is 17.9. The Kier molecular flexibility index (Phi) is 4.75. The number of amides is 1. The average Bonchev–Trinajstić information content (AvgIpc) is 3.01. The lowest BCUT2D eigenvalue weighted by Crippen LogP contribution is -2.39. The predicted molar refractivity (Wildman–Crippen MR) is 101 cm³/mol. The molecule has 6 heteroatoms. The van der Waals surface area contributed by atoms with E-state index in [0.717, 1.165) is 31.6 Å². The molecule has 0 aliphatic carbocycles. The monoisotopic (exact) mass is 352 g/mol. The summed E-state index contributed by atoms with van der Waals surface area (Å²) in [5, 5.41) is 6.88. The molecule has 3 heterocycles. The summed E-state index contributed by atoms with van der Waals surface area (Å²) < 4.78 is 5.39. The van der Waals surface area contributed by atoms with Crippen molar-refractivity contribution in [3.8, 4) is 5.75 Å². The minimum atomic E-state index is 0.0323. The summed E-state index contributed by atoms with van der Waals surface area (Å²) in [6, 6.07) is 12.2. The summed E-state index contributed by atoms with van der Waals surface area (Å²) in [4.78, 5) is 19.5. The van der Waals surface area contributed by atoms with Crippen LogP contribution in [0.5, 0.6) is 5.75 Å². The van der Waals surface area contributed by atoms with Gasteiger partial charge in [-0.1, -0.05) is 12.1 Å². The Bertz CT molecular complexity index is 795. The number of nitrogens with one attached hydrogen (secondary N) is 2. The van der Waals surface area contributed by atoms with E-state index in [1.54, 1.807) is 13.3 Å². The number of nitrogens with zero attached hydrogens (tertiary/aromatic N) is 2. The van der Waals surface area contributed by atoms with E-state index >= 15 is 0 Å². The van der Waals surface area contributed by atoms with E-state index in [-0.39, 0.29) is 5.91 Å². The lowest BCUT2D eigenvalue weighted by Gasteiger charge is -2.25. The quantitative estimate of drug-likeness (QED) is 0.886. The molecule has 4 rings (SSSR count). The largest absolute Gasteiger partial charge is 0.495 e. The third kappa shape index (κ3) is 3.37. The number of carbonyl (C=O) groups excluding carboxylic acids is 1. The standard InChI is InChI=1S/C20H24N4O2/c1-26-18-7-3-2-6-17(18)23-19-16(5-4-11-21-19)20(25)24-12-10-14-8-9-15(13-24)22-14/h2-7,11,14-15,22H,8-10,12-13H2,1H3,(H,21,23). The highest BCUT2D eigenvalue weighted by Gasteiger charge is 2.32. The second kappa shape index (κ2) is 7.33. The van der Waals surface area contributed by atoms with Gasteiger partial charge in [0.05, 0.1) is 18.4 Å². The number of anilines is 2. The van der Waals surface area contributed by atoms with Gasteiger partial charge < -0.3 is 20.3 Å². The van der Waals surface area contributed by atoms with E-state index in [9.17, 15) is 4.79 Å². The first-order valence-corrected chi connectivity index (χ1v) is 9.15. The number of methoxy groups -OCH3 is 1. The van der Waals surface area contributed by atoms with E-state index in [4.69, 9.17) is 4.74 Å². The molecule has 0 saturated carbocycles. The molecular weight excluding hydrogens is 328 g/mol. The Morgan fingerprint density at radius 3 is 2.92 bits per heavy atom. The van der Waals surface area contributed by atoms with E-state index in [2.05, 4.69) is 15.6 Å². The second-order valence-corrected chi connectivity index (χ2v) is 6.90. The molecule has 2 fully saturated rings. The van der Waals surface area contributed by atoms with Crippen LogP contribution in [0, 0.1) is 0 Å². The Balaban J connectivity index is 1.58. The molecule has 26 heavy (non-hydrogen) atoms. The number of aromatic nitrogens is 1. The zero-order valence-corrected chi connectivity index (χ0v) is 14.9. The van der Waals surface area contributed by atoms with Crippen LogP contribution in [0.3, 0.4) is 0 Å². The number of ether oxygens (including phenoxy) is 1. The molecule has 1 amide bonds. The number of pyridine rings is 1. The van der Waals surface area contributed by atoms with Gasteiger partial charge in [0.15, 0.2) is 0 Å². The number of para-hydroxylation sites is 2. The lowest BCUT2D eigenvalue weighted by atomic mass is 10.1. The third-order valence-electron chi connectivity index (χ3n) is 5.21. The maximum atomic E-state index is 13.2. The van der Waals surface area contributed by atoms with Crippen molar-refractivity contribution in [1.82, 2.24) is 15.2 Å². The molecule has 1 aromatic heterocycles. The lowest BCUT2D eigenvalue weighted by molar-refractivity contribution is 0.0749. The predicted octanol–water partition coefficient (Wildman–Crippen LogP) is 2.80. The van der Waals surface area contributed by atoms with Gasteiger partial charge in [0.1, 0.15) is 11.6 Å². The zero-order valence-electron chi connectivity index (χ0n) is 14.9. The number of likely N-dealkylation sites (tertiary alicyclic amines) is 1. The fourth-order valence-electron chi connectivity index (χ4n) is 3.85. The number of carbonyl (C=O) groups is 1. The molecule has 2 aromatic rings. The van der Waals surface area contributed by atoms with Crippen molar-refractivity contribution in [2.45, 2.75) is 31.3 Å². The maximum Gasteiger partial charge on any atom is 0.257 e. The highest BCUT2D eigenvalue weighted by Crippen LogP contribution is 2.29. The van der Waals surface area contributed by atoms with Crippen molar-refractivity contribution < 1.29 is 9.53 Å². The summed E-state index contributed by atoms with van der Waals surface area (Å²) in [6.07, 6.45) is 5.08. The molecule has 2 unspecified atom stereocenters. The van der Waals surface area contributed by atoms with Crippen LogP contribution in [0.25, 0.3) is 0 Å². The highest BCUT2D eigenvalue weighted by molar-refractivity contribution is 5.99. The molecule has 136 valence electrons. The molecule has 2 N–H and O–H groups in total. The Morgan fingerprint density at radius 2 is 2.04 bits per heavy atom. The van der Waals surface area contributed by atoms with Crippen LogP contribution in [0.4, 0.5) is 11.5 Å². The van der Waals surface area contributed by atoms with Gasteiger partial charge in [-0.15, -0.1) is 0 Å². The fraction of sp³-hybridized carbons (Fsp3) is 0.400. The molecule has 2 aliphatic rings. The van der Waals surface area contributed by atoms with Crippen molar-refractivity contribution in [1.29, 1.82) is 0 Å². The van der Waals surface area contributed by atoms with Gasteiger partial charge in [-0.05, 0) is 43.5 Å². The summed E-state index contributed by atoms with van der Waals surface area (Å²) >= 11 is 0. The maximum absolute atomic E-state index is 13.2. The van der Waals surface area contributed by atoms with Crippen LogP contribution in [-0.4, -0.2) is 48.1 Å². The van der Waals surface area contributed by atoms with Crippen molar-refractivity contribution in [2.24, 2.45) is 0 Å². The summed E-state index contributed by atoms with van der Waals surface area (Å²) in [5.74, 6) is 1.31. The number of hydrogen-bond acceptors (Lipinski definition) is 5. The van der Waals surface area contributed by atoms with Crippen LogP contribution >= 0.6 is 0 Å². The Morgan fingerprint density at radius 1 is 1.19 bits per heavy atom. The van der Waals surface area contributed by atoms with Gasteiger partial charge in [0.25, 0.3) is 5.91 Å². The summed E-state index contributed by atoms with van der Waals surface area (Å²) in [6.45, 7) is 1.55. The highest BCUT2D eigenvalue weighted by atomic mass is 16.5. The van der Waals surface area contributed by atoms with E-state index < -0.39 is 0 Å². The van der Waals surface area contributed by atoms with Gasteiger partial charge in [0.2, 0.25) is 0 Å². The second-order valence-electron chi connectivity index (χ2n) is 6.90. The van der Waals surface area contributed by atoms with Crippen LogP contribution in [0.2, 0.25) is 0 Å². The SMILES string of the molecule is COc1ccccc1Nc1ncccc1C(=O)N1CCC2CCC(C1)N2. The van der Waals surface area contributed by atoms with Gasteiger partial charge in [-0.25, -0.2) is 4.98 Å². The topological polar surface area (TPSA) is 66.5 Å². The normalized spacial score (nSPS) is 22.0. The number of rotatable bonds is 4. The number of fused-ring (bicyclic) bond motifs is 2. The van der Waals surface area contributed by atoms with Crippen LogP contribution in [0.1, 0.15) is 29.6 Å². The molecule has 2 atom stereocenters. The first-order valence-electron chi connectivity index (χ1n) is 9.15. The third-order valence-corrected chi connectivity index (χ3v) is 5.21. The molecule has 6 nitrogen and oxygen atoms in total. The molecule has 2 saturated heterocycles. The molecule has 0 spiro atoms. The van der Waals surface area contributed by atoms with Crippen molar-refractivity contribution >= 4 is 17.4 Å². The summed E-state index contributed by atoms with van der Waals surface area (Å²) in [5.41, 5.74) is 1.38. The van der Waals surface area contributed by atoms with E-state index in [1.807, 2.05) is 41.3 Å². The van der Waals surface area contributed by atoms with Crippen LogP contribution < -0.4 is 15.4 Å². The molecular formula is C20H24N4O2. The van der Waals surface area contributed by atoms with Crippen molar-refractivity contribution in [3.05, 3.63) is 48.2 Å². The van der Waals surface area contributed by atoms with E-state index in [1.165, 1.54) is 6.42 Å². The smallest absolute Gasteiger partial charge is 0.257 e. The van der Waals surface area contributed by atoms with Gasteiger partial charge >= 0.3 is 0 Å². The first kappa shape index (κ1) is 16.8. The van der Waals surface area contributed by atoms with E-state index in [0.29, 0.717) is 29.2 Å². The van der Waals surface area contributed by atoms with Crippen LogP contribution in [0.15, 0.2) is 42.6 Å². The Hall–Kier alpha value is -2.60. The minimum absolute atomic E-state index is 0.0323. The molecule has 0 radical (unpaired) electrons. The van der Waals surface area contributed by atoms with Crippen molar-refractivity contribution in [3.63, 3.8) is 0 Å². The summed E-state index contributed by atoms with van der Waals surface area (Å²) in [7, 11) is 1.63. The molecule has 2 aliphatic heterocycles. The average molecular weight is 352 g/mol. The van der Waals surface area contributed by atoms with Gasteiger partial charge in [0, 0.05) is 31.4 Å². The van der Waals surface area contributed by atoms with Crippen LogP contribution in [-0.2, 0) is 0 Å². The van der Waals surface area contributed by atoms with Gasteiger partial charge in [-0.3, -0.25) is 4.79 Å². The molecule has 1 aromatic carbocycles. The first-order chi connectivity index (χ1) is 12.7. The Labute approximate surface area is 153 Å². The fourth-order valence-corrected chi connectivity index (χ4v) is 3.85. The van der Waals surface area contributed by atoms with Gasteiger partial charge in [-0.2, -0.15) is 0 Å². The van der Waals surface area contributed by atoms with Crippen molar-refractivity contribution in [2.75, 3.05) is 25.5 Å². The minimum Gasteiger partial charge on any atom is -0.495 e.